The van der Waals surface area contributed by atoms with Gasteiger partial charge in [-0.1, -0.05) is 0 Å². The van der Waals surface area contributed by atoms with E-state index in [1.54, 1.807) is 5.38 Å². The van der Waals surface area contributed by atoms with Gasteiger partial charge < -0.3 is 5.43 Å². The Morgan fingerprint density at radius 2 is 2.46 bits per heavy atom. The van der Waals surface area contributed by atoms with Crippen LogP contribution in [0.3, 0.4) is 0 Å². The molecule has 3 N–H and O–H groups in total. The number of nitrogens with one attached hydrogen (secondary N) is 1. The topological polar surface area (TPSA) is 50.4 Å². The highest BCUT2D eigenvalue weighted by molar-refractivity contribution is 7.12. The Labute approximate surface area is 79.4 Å². The Bertz CT molecular complexity index is 330. The van der Waals surface area contributed by atoms with Gasteiger partial charge in [0.05, 0.1) is 6.04 Å². The third-order valence-corrected chi connectivity index (χ3v) is 2.72. The molecule has 1 aliphatic carbocycles. The Morgan fingerprint density at radius 1 is 1.69 bits per heavy atom. The lowest BCUT2D eigenvalue weighted by atomic mass is 10.4. The van der Waals surface area contributed by atoms with Crippen LogP contribution in [-0.2, 0) is 0 Å². The van der Waals surface area contributed by atoms with Crippen LogP contribution in [0.2, 0.25) is 0 Å². The Hall–Kier alpha value is -0.940. The van der Waals surface area contributed by atoms with Crippen molar-refractivity contribution in [3.8, 4) is 0 Å². The van der Waals surface area contributed by atoms with Gasteiger partial charge in [-0.05, 0) is 24.3 Å². The molecular weight excluding hydrogens is 189 g/mol. The molecule has 13 heavy (non-hydrogen) atoms. The number of amidine groups is 1. The molecule has 1 saturated carbocycles. The normalized spacial score (nSPS) is 17.5. The highest BCUT2D eigenvalue weighted by Crippen LogP contribution is 2.25. The largest absolute Gasteiger partial charge is 0.307 e. The summed E-state index contributed by atoms with van der Waals surface area (Å²) in [7, 11) is 0. The van der Waals surface area contributed by atoms with Crippen LogP contribution < -0.4 is 11.3 Å². The SMILES string of the molecule is NNC(=NC1CC1)c1sccc1F. The Kier molecular flexibility index (Phi) is 2.28. The van der Waals surface area contributed by atoms with Crippen LogP contribution in [0.25, 0.3) is 0 Å². The molecule has 0 aliphatic heterocycles. The van der Waals surface area contributed by atoms with Gasteiger partial charge in [-0.15, -0.1) is 11.3 Å². The zero-order valence-corrected chi connectivity index (χ0v) is 7.77. The standard InChI is InChI=1S/C8H10FN3S/c9-6-3-4-13-7(6)8(12-10)11-5-1-2-5/h3-5H,1-2,10H2,(H,11,12). The van der Waals surface area contributed by atoms with Crippen LogP contribution in [0.15, 0.2) is 16.4 Å². The van der Waals surface area contributed by atoms with E-state index in [2.05, 4.69) is 10.4 Å². The van der Waals surface area contributed by atoms with Gasteiger partial charge in [0.15, 0.2) is 5.84 Å². The van der Waals surface area contributed by atoms with Crippen molar-refractivity contribution in [2.75, 3.05) is 0 Å². The number of thiophene rings is 1. The van der Waals surface area contributed by atoms with Gasteiger partial charge in [-0.25, -0.2) is 10.2 Å². The summed E-state index contributed by atoms with van der Waals surface area (Å²) in [5.41, 5.74) is 2.44. The molecule has 1 aliphatic rings. The first-order valence-electron chi connectivity index (χ1n) is 4.09. The van der Waals surface area contributed by atoms with E-state index >= 15 is 0 Å². The van der Waals surface area contributed by atoms with Crippen molar-refractivity contribution in [3.05, 3.63) is 22.1 Å². The summed E-state index contributed by atoms with van der Waals surface area (Å²) in [5.74, 6) is 5.47. The van der Waals surface area contributed by atoms with Gasteiger partial charge in [0.25, 0.3) is 0 Å². The van der Waals surface area contributed by atoms with E-state index in [0.29, 0.717) is 16.8 Å². The number of hydrazine groups is 1. The van der Waals surface area contributed by atoms with E-state index in [4.69, 9.17) is 5.84 Å². The fourth-order valence-corrected chi connectivity index (χ4v) is 1.74. The first-order chi connectivity index (χ1) is 6.31. The molecule has 3 nitrogen and oxygen atoms in total. The van der Waals surface area contributed by atoms with E-state index in [0.717, 1.165) is 12.8 Å². The molecule has 0 amide bonds. The van der Waals surface area contributed by atoms with Crippen molar-refractivity contribution in [2.24, 2.45) is 10.8 Å². The van der Waals surface area contributed by atoms with Crippen molar-refractivity contribution in [1.29, 1.82) is 0 Å². The fourth-order valence-electron chi connectivity index (χ4n) is 1.01. The van der Waals surface area contributed by atoms with E-state index < -0.39 is 0 Å². The zero-order chi connectivity index (χ0) is 9.26. The number of rotatable bonds is 2. The highest BCUT2D eigenvalue weighted by Gasteiger charge is 2.22. The minimum Gasteiger partial charge on any atom is -0.307 e. The van der Waals surface area contributed by atoms with Crippen molar-refractivity contribution in [3.63, 3.8) is 0 Å². The molecule has 1 aromatic heterocycles. The smallest absolute Gasteiger partial charge is 0.156 e. The third kappa shape index (κ3) is 1.87. The first kappa shape index (κ1) is 8.65. The lowest BCUT2D eigenvalue weighted by molar-refractivity contribution is 0.630. The number of nitrogens with two attached hydrogens (primary N) is 1. The monoisotopic (exact) mass is 199 g/mol. The number of hydrogen-bond donors (Lipinski definition) is 2. The van der Waals surface area contributed by atoms with Crippen molar-refractivity contribution < 1.29 is 4.39 Å². The summed E-state index contributed by atoms with van der Waals surface area (Å²) in [6.45, 7) is 0. The average Bonchev–Trinajstić information content (AvgIpc) is 2.85. The van der Waals surface area contributed by atoms with Gasteiger partial charge in [0.2, 0.25) is 0 Å². The zero-order valence-electron chi connectivity index (χ0n) is 6.96. The van der Waals surface area contributed by atoms with Gasteiger partial charge in [-0.3, -0.25) is 4.99 Å². The van der Waals surface area contributed by atoms with Crippen molar-refractivity contribution in [1.82, 2.24) is 5.43 Å². The summed E-state index contributed by atoms with van der Waals surface area (Å²) in [4.78, 5) is 4.76. The minimum absolute atomic E-state index is 0.262. The fraction of sp³-hybridized carbons (Fsp3) is 0.375. The molecule has 2 rings (SSSR count). The molecule has 1 heterocycles. The van der Waals surface area contributed by atoms with E-state index in [-0.39, 0.29) is 5.82 Å². The molecule has 0 bridgehead atoms. The quantitative estimate of drug-likeness (QED) is 0.326. The predicted molar refractivity (Wildman–Crippen MR) is 51.2 cm³/mol. The summed E-state index contributed by atoms with van der Waals surface area (Å²) < 4.78 is 13.1. The summed E-state index contributed by atoms with van der Waals surface area (Å²) in [6.07, 6.45) is 2.16. The molecule has 70 valence electrons. The van der Waals surface area contributed by atoms with Gasteiger partial charge in [0, 0.05) is 0 Å². The van der Waals surface area contributed by atoms with E-state index in [9.17, 15) is 4.39 Å². The number of aliphatic imine (C=N–C) groups is 1. The lowest BCUT2D eigenvalue weighted by Gasteiger charge is -2.01. The van der Waals surface area contributed by atoms with E-state index in [1.807, 2.05) is 0 Å². The summed E-state index contributed by atoms with van der Waals surface area (Å²) in [6, 6.07) is 1.76. The number of nitrogens with zero attached hydrogens (tertiary/aromatic N) is 1. The summed E-state index contributed by atoms with van der Waals surface area (Å²) >= 11 is 1.30. The maximum Gasteiger partial charge on any atom is 0.156 e. The molecule has 0 unspecified atom stereocenters. The van der Waals surface area contributed by atoms with Gasteiger partial charge >= 0.3 is 0 Å². The second-order valence-electron chi connectivity index (χ2n) is 2.95. The average molecular weight is 199 g/mol. The number of halogens is 1. The molecule has 5 heteroatoms. The molecule has 0 atom stereocenters. The maximum atomic E-state index is 13.1. The van der Waals surface area contributed by atoms with Crippen LogP contribution in [0, 0.1) is 5.82 Å². The lowest BCUT2D eigenvalue weighted by Crippen LogP contribution is -2.31. The third-order valence-electron chi connectivity index (χ3n) is 1.83. The molecule has 1 aromatic rings. The van der Waals surface area contributed by atoms with Crippen molar-refractivity contribution >= 4 is 17.2 Å². The van der Waals surface area contributed by atoms with Crippen LogP contribution in [0.5, 0.6) is 0 Å². The molecule has 0 radical (unpaired) electrons. The Balaban J connectivity index is 2.25. The second kappa shape index (κ2) is 3.43. The molecule has 1 fully saturated rings. The predicted octanol–water partition coefficient (Wildman–Crippen LogP) is 1.26. The van der Waals surface area contributed by atoms with Crippen LogP contribution in [0.4, 0.5) is 4.39 Å². The molecule has 0 saturated heterocycles. The van der Waals surface area contributed by atoms with E-state index in [1.165, 1.54) is 17.4 Å². The molecule has 0 aromatic carbocycles. The maximum absolute atomic E-state index is 13.1. The van der Waals surface area contributed by atoms with Gasteiger partial charge in [-0.2, -0.15) is 0 Å². The van der Waals surface area contributed by atoms with Crippen LogP contribution >= 0.6 is 11.3 Å². The summed E-state index contributed by atoms with van der Waals surface area (Å²) in [5, 5.41) is 1.68. The van der Waals surface area contributed by atoms with Crippen LogP contribution in [-0.4, -0.2) is 11.9 Å². The molecule has 0 spiro atoms. The minimum atomic E-state index is -0.262. The van der Waals surface area contributed by atoms with Crippen molar-refractivity contribution in [2.45, 2.75) is 18.9 Å². The Morgan fingerprint density at radius 3 is 2.92 bits per heavy atom. The number of hydrogen-bond acceptors (Lipinski definition) is 3. The molecular formula is C8H10FN3S. The van der Waals surface area contributed by atoms with Gasteiger partial charge in [0.1, 0.15) is 10.7 Å². The van der Waals surface area contributed by atoms with Crippen LogP contribution in [0.1, 0.15) is 17.7 Å². The first-order valence-corrected chi connectivity index (χ1v) is 4.97. The second-order valence-corrected chi connectivity index (χ2v) is 3.87. The highest BCUT2D eigenvalue weighted by atomic mass is 32.1.